The van der Waals surface area contributed by atoms with Gasteiger partial charge in [0.2, 0.25) is 0 Å². The molecule has 1 aromatic carbocycles. The van der Waals surface area contributed by atoms with E-state index in [9.17, 15) is 0 Å². The van der Waals surface area contributed by atoms with E-state index < -0.39 is 0 Å². The van der Waals surface area contributed by atoms with Crippen molar-refractivity contribution >= 4 is 15.9 Å². The summed E-state index contributed by atoms with van der Waals surface area (Å²) in [4.78, 5) is 0. The van der Waals surface area contributed by atoms with Crippen molar-refractivity contribution in [3.8, 4) is 11.8 Å². The Kier molecular flexibility index (Phi) is 8.39. The molecule has 0 aliphatic carbocycles. The summed E-state index contributed by atoms with van der Waals surface area (Å²) in [5.74, 6) is 0.103. The van der Waals surface area contributed by atoms with Crippen molar-refractivity contribution in [1.29, 1.82) is 5.26 Å². The van der Waals surface area contributed by atoms with Crippen LogP contribution < -0.4 is 42.8 Å². The zero-order chi connectivity index (χ0) is 7.56. The minimum absolute atomic E-state index is 0. The zero-order valence-corrected chi connectivity index (χ0v) is 10.1. The number of phenols is 1. The van der Waals surface area contributed by atoms with E-state index in [-0.39, 0.29) is 48.6 Å². The smallest absolute Gasteiger partial charge is 1.00 e. The van der Waals surface area contributed by atoms with Gasteiger partial charge in [-0.15, -0.1) is 0 Å². The number of rotatable bonds is 0. The predicted molar refractivity (Wildman–Crippen MR) is 40.5 cm³/mol. The second kappa shape index (κ2) is 6.79. The van der Waals surface area contributed by atoms with E-state index in [4.69, 9.17) is 10.4 Å². The molecule has 1 N–H and O–H groups in total. The topological polar surface area (TPSA) is 44.0 Å². The largest absolute Gasteiger partial charge is 1.00 e. The van der Waals surface area contributed by atoms with E-state index in [0.717, 1.165) is 0 Å². The quantitative estimate of drug-likeness (QED) is 0.389. The van der Waals surface area contributed by atoms with Gasteiger partial charge in [-0.3, -0.25) is 0 Å². The molecule has 0 atom stereocenters. The average molecular weight is 332 g/mol. The first-order chi connectivity index (χ1) is 4.72. The van der Waals surface area contributed by atoms with Gasteiger partial charge in [0.25, 0.3) is 0 Å². The summed E-state index contributed by atoms with van der Waals surface area (Å²) in [7, 11) is 0. The Labute approximate surface area is 108 Å². The number of phenolic OH excluding ortho intramolecular Hbond substituents is 1. The van der Waals surface area contributed by atoms with Gasteiger partial charge < -0.3 is 29.1 Å². The van der Waals surface area contributed by atoms with Crippen molar-refractivity contribution in [1.82, 2.24) is 0 Å². The molecule has 0 amide bonds. The van der Waals surface area contributed by atoms with Gasteiger partial charge in [0, 0.05) is 4.47 Å². The van der Waals surface area contributed by atoms with Crippen molar-refractivity contribution in [3.63, 3.8) is 0 Å². The van der Waals surface area contributed by atoms with Crippen LogP contribution in [0, 0.1) is 11.3 Å². The fourth-order valence-electron chi connectivity index (χ4n) is 0.639. The van der Waals surface area contributed by atoms with Gasteiger partial charge in [-0.1, -0.05) is 15.9 Å². The molecule has 1 rings (SSSR count). The van der Waals surface area contributed by atoms with E-state index >= 15 is 0 Å². The third-order valence-corrected chi connectivity index (χ3v) is 1.47. The fourth-order valence-corrected chi connectivity index (χ4v) is 1.12. The van der Waals surface area contributed by atoms with Crippen molar-refractivity contribution in [2.24, 2.45) is 0 Å². The average Bonchev–Trinajstić information content (AvgIpc) is 1.85. The maximum atomic E-state index is 8.94. The molecule has 5 heteroatoms. The Hall–Kier alpha value is 0.317. The number of nitriles is 1. The molecule has 0 fully saturated rings. The van der Waals surface area contributed by atoms with Gasteiger partial charge in [0.05, 0.1) is 11.6 Å². The molecule has 0 heterocycles. The molecule has 12 heavy (non-hydrogen) atoms. The monoisotopic (exact) mass is 331 g/mol. The van der Waals surface area contributed by atoms with Gasteiger partial charge in [0.1, 0.15) is 5.75 Å². The molecule has 0 spiro atoms. The van der Waals surface area contributed by atoms with Crippen LogP contribution in [0.15, 0.2) is 22.7 Å². The fraction of sp³-hybridized carbons (Fsp3) is 0. The Bertz CT molecular complexity index is 280. The molecular weight excluding hydrogens is 328 g/mol. The molecule has 0 unspecified atom stereocenters. The van der Waals surface area contributed by atoms with Crippen molar-refractivity contribution in [3.05, 3.63) is 28.2 Å². The Morgan fingerprint density at radius 3 is 2.33 bits per heavy atom. The summed E-state index contributed by atoms with van der Waals surface area (Å²) >= 11 is 3.14. The Morgan fingerprint density at radius 2 is 1.92 bits per heavy atom. The first kappa shape index (κ1) is 14.8. The van der Waals surface area contributed by atoms with Crippen LogP contribution >= 0.6 is 15.9 Å². The summed E-state index contributed by atoms with van der Waals surface area (Å²) in [5, 5.41) is 17.3. The first-order valence-corrected chi connectivity index (χ1v) is 3.41. The maximum Gasteiger partial charge on any atom is 1.00 e. The van der Waals surface area contributed by atoms with E-state index in [1.807, 2.05) is 6.07 Å². The minimum atomic E-state index is 0. The summed E-state index contributed by atoms with van der Waals surface area (Å²) < 4.78 is 0.712. The molecule has 0 aliphatic heterocycles. The SMILES string of the molecule is N#Cc1cc(O)cc(Br)c1.[I-].[Li+]. The van der Waals surface area contributed by atoms with Crippen LogP contribution in [0.2, 0.25) is 0 Å². The molecule has 58 valence electrons. The Morgan fingerprint density at radius 1 is 1.33 bits per heavy atom. The third-order valence-electron chi connectivity index (χ3n) is 1.01. The summed E-state index contributed by atoms with van der Waals surface area (Å²) in [6, 6.07) is 6.49. The predicted octanol–water partition coefficient (Wildman–Crippen LogP) is -3.97. The summed E-state index contributed by atoms with van der Waals surface area (Å²) in [5.41, 5.74) is 0.451. The van der Waals surface area contributed by atoms with E-state index in [1.54, 1.807) is 6.07 Å². The van der Waals surface area contributed by atoms with Crippen LogP contribution in [0.25, 0.3) is 0 Å². The standard InChI is InChI=1S/C7H4BrNO.HI.Li/c8-6-1-5(4-9)2-7(10)3-6;;/h1-3,10H;1H;/q;;+1/p-1. The summed E-state index contributed by atoms with van der Waals surface area (Å²) in [6.07, 6.45) is 0. The second-order valence-corrected chi connectivity index (χ2v) is 2.73. The zero-order valence-electron chi connectivity index (χ0n) is 6.38. The van der Waals surface area contributed by atoms with Gasteiger partial charge >= 0.3 is 18.9 Å². The summed E-state index contributed by atoms with van der Waals surface area (Å²) in [6.45, 7) is 0. The number of benzene rings is 1. The van der Waals surface area contributed by atoms with Gasteiger partial charge in [-0.05, 0) is 18.2 Å². The minimum Gasteiger partial charge on any atom is -1.00 e. The van der Waals surface area contributed by atoms with Crippen LogP contribution in [0.3, 0.4) is 0 Å². The molecule has 0 saturated heterocycles. The molecular formula is C7H4BrILiNO. The molecule has 1 aromatic rings. The van der Waals surface area contributed by atoms with Gasteiger partial charge in [-0.2, -0.15) is 5.26 Å². The Balaban J connectivity index is 0. The number of halogens is 2. The molecule has 0 bridgehead atoms. The van der Waals surface area contributed by atoms with Crippen LogP contribution in [0.1, 0.15) is 5.56 Å². The third kappa shape index (κ3) is 4.37. The van der Waals surface area contributed by atoms with Crippen molar-refractivity contribution in [2.75, 3.05) is 0 Å². The van der Waals surface area contributed by atoms with Crippen LogP contribution in [-0.2, 0) is 0 Å². The molecule has 0 aliphatic rings. The normalized spacial score (nSPS) is 7.33. The van der Waals surface area contributed by atoms with Crippen molar-refractivity contribution in [2.45, 2.75) is 0 Å². The molecule has 0 aromatic heterocycles. The second-order valence-electron chi connectivity index (χ2n) is 1.81. The molecule has 0 saturated carbocycles. The number of aromatic hydroxyl groups is 1. The molecule has 2 nitrogen and oxygen atoms in total. The first-order valence-electron chi connectivity index (χ1n) is 2.62. The van der Waals surface area contributed by atoms with Gasteiger partial charge in [0.15, 0.2) is 0 Å². The number of nitrogens with zero attached hydrogens (tertiary/aromatic N) is 1. The maximum absolute atomic E-state index is 8.94. The molecule has 0 radical (unpaired) electrons. The van der Waals surface area contributed by atoms with Crippen LogP contribution in [-0.4, -0.2) is 5.11 Å². The van der Waals surface area contributed by atoms with Gasteiger partial charge in [-0.25, -0.2) is 0 Å². The van der Waals surface area contributed by atoms with Crippen LogP contribution in [0.5, 0.6) is 5.75 Å². The van der Waals surface area contributed by atoms with Crippen LogP contribution in [0.4, 0.5) is 0 Å². The van der Waals surface area contributed by atoms with E-state index in [0.29, 0.717) is 10.0 Å². The van der Waals surface area contributed by atoms with E-state index in [1.165, 1.54) is 12.1 Å². The number of hydrogen-bond donors (Lipinski definition) is 1. The van der Waals surface area contributed by atoms with E-state index in [2.05, 4.69) is 15.9 Å². The van der Waals surface area contributed by atoms with Crippen molar-refractivity contribution < 1.29 is 47.9 Å². The number of hydrogen-bond acceptors (Lipinski definition) is 2.